The van der Waals surface area contributed by atoms with Crippen LogP contribution >= 0.6 is 23.2 Å². The molecule has 1 aliphatic heterocycles. The number of halogens is 5. The van der Waals surface area contributed by atoms with Crippen LogP contribution < -0.4 is 15.4 Å². The Morgan fingerprint density at radius 1 is 1.02 bits per heavy atom. The minimum Gasteiger partial charge on any atom is -0.490 e. The summed E-state index contributed by atoms with van der Waals surface area (Å²) in [5, 5.41) is 5.29. The number of benzene rings is 2. The Labute approximate surface area is 244 Å². The summed E-state index contributed by atoms with van der Waals surface area (Å²) in [5.74, 6) is -1.64. The van der Waals surface area contributed by atoms with Gasteiger partial charge in [-0.1, -0.05) is 29.3 Å². The number of carbonyl (C=O) groups is 2. The average Bonchev–Trinajstić information content (AvgIpc) is 2.93. The van der Waals surface area contributed by atoms with Crippen LogP contribution in [0.1, 0.15) is 11.1 Å². The van der Waals surface area contributed by atoms with Crippen LogP contribution in [0.25, 0.3) is 6.08 Å². The quantitative estimate of drug-likeness (QED) is 0.182. The van der Waals surface area contributed by atoms with E-state index in [0.29, 0.717) is 25.4 Å². The number of aromatic nitrogens is 1. The molecule has 0 spiro atoms. The van der Waals surface area contributed by atoms with Crippen molar-refractivity contribution in [2.45, 2.75) is 6.18 Å². The first-order valence-electron chi connectivity index (χ1n) is 12.4. The van der Waals surface area contributed by atoms with Gasteiger partial charge in [-0.15, -0.1) is 0 Å². The Kier molecular flexibility index (Phi) is 10.2. The molecule has 4 rings (SSSR count). The van der Waals surface area contributed by atoms with E-state index in [9.17, 15) is 22.8 Å². The smallest absolute Gasteiger partial charge is 0.416 e. The van der Waals surface area contributed by atoms with Crippen molar-refractivity contribution < 1.29 is 32.2 Å². The Morgan fingerprint density at radius 3 is 2.41 bits per heavy atom. The first-order valence-corrected chi connectivity index (χ1v) is 13.2. The summed E-state index contributed by atoms with van der Waals surface area (Å²) in [6.07, 6.45) is -0.531. The second-order valence-electron chi connectivity index (χ2n) is 8.89. The molecule has 2 aromatic carbocycles. The molecule has 0 atom stereocenters. The van der Waals surface area contributed by atoms with Gasteiger partial charge in [-0.3, -0.25) is 19.5 Å². The Hall–Kier alpha value is -3.64. The largest absolute Gasteiger partial charge is 0.490 e. The molecule has 0 radical (unpaired) electrons. The lowest BCUT2D eigenvalue weighted by Gasteiger charge is -2.26. The van der Waals surface area contributed by atoms with E-state index < -0.39 is 29.1 Å². The van der Waals surface area contributed by atoms with Gasteiger partial charge in [0.25, 0.3) is 11.8 Å². The summed E-state index contributed by atoms with van der Waals surface area (Å²) in [6.45, 7) is 3.56. The molecule has 0 unspecified atom stereocenters. The van der Waals surface area contributed by atoms with Gasteiger partial charge >= 0.3 is 6.18 Å². The molecule has 2 heterocycles. The molecule has 2 N–H and O–H groups in total. The molecule has 0 saturated carbocycles. The number of pyridine rings is 1. The van der Waals surface area contributed by atoms with E-state index in [1.807, 2.05) is 0 Å². The number of rotatable bonds is 9. The predicted molar refractivity (Wildman–Crippen MR) is 150 cm³/mol. The lowest BCUT2D eigenvalue weighted by Crippen LogP contribution is -2.38. The fourth-order valence-electron chi connectivity index (χ4n) is 3.94. The fraction of sp³-hybridized carbons (Fsp3) is 0.250. The van der Waals surface area contributed by atoms with E-state index in [1.165, 1.54) is 36.7 Å². The highest BCUT2D eigenvalue weighted by Crippen LogP contribution is 2.35. The van der Waals surface area contributed by atoms with Gasteiger partial charge in [0.1, 0.15) is 17.9 Å². The third-order valence-electron chi connectivity index (χ3n) is 5.95. The van der Waals surface area contributed by atoms with Crippen LogP contribution in [-0.4, -0.2) is 61.2 Å². The number of hydrogen-bond donors (Lipinski definition) is 2. The van der Waals surface area contributed by atoms with Crippen molar-refractivity contribution in [2.75, 3.05) is 50.1 Å². The molecule has 1 saturated heterocycles. The summed E-state index contributed by atoms with van der Waals surface area (Å²) in [7, 11) is 0. The molecule has 1 aromatic heterocycles. The minimum absolute atomic E-state index is 0.149. The summed E-state index contributed by atoms with van der Waals surface area (Å²) >= 11 is 12.7. The molecule has 41 heavy (non-hydrogen) atoms. The van der Waals surface area contributed by atoms with Crippen molar-refractivity contribution in [3.05, 3.63) is 87.7 Å². The molecule has 216 valence electrons. The maximum Gasteiger partial charge on any atom is 0.416 e. The number of hydrogen-bond acceptors (Lipinski definition) is 6. The zero-order valence-electron chi connectivity index (χ0n) is 21.5. The maximum absolute atomic E-state index is 13.3. The third-order valence-corrected chi connectivity index (χ3v) is 6.45. The third kappa shape index (κ3) is 8.67. The zero-order valence-corrected chi connectivity index (χ0v) is 23.0. The van der Waals surface area contributed by atoms with Crippen LogP contribution in [-0.2, 0) is 20.5 Å². The number of alkyl halides is 3. The molecular weight excluding hydrogens is 584 g/mol. The minimum atomic E-state index is -4.62. The van der Waals surface area contributed by atoms with Crippen molar-refractivity contribution in [3.8, 4) is 5.75 Å². The lowest BCUT2D eigenvalue weighted by atomic mass is 10.1. The monoisotopic (exact) mass is 608 g/mol. The molecule has 13 heteroatoms. The number of carbonyl (C=O) groups excluding carboxylic acids is 2. The van der Waals surface area contributed by atoms with Crippen LogP contribution in [0.15, 0.2) is 66.5 Å². The van der Waals surface area contributed by atoms with Crippen LogP contribution in [0.2, 0.25) is 10.0 Å². The van der Waals surface area contributed by atoms with Gasteiger partial charge in [0.15, 0.2) is 0 Å². The van der Waals surface area contributed by atoms with Crippen molar-refractivity contribution in [3.63, 3.8) is 0 Å². The number of nitrogens with one attached hydrogen (secondary N) is 2. The summed E-state index contributed by atoms with van der Waals surface area (Å²) < 4.78 is 51.0. The van der Waals surface area contributed by atoms with Crippen molar-refractivity contribution in [1.82, 2.24) is 9.88 Å². The van der Waals surface area contributed by atoms with Gasteiger partial charge in [0, 0.05) is 42.1 Å². The van der Waals surface area contributed by atoms with E-state index in [0.717, 1.165) is 31.3 Å². The normalized spacial score (nSPS) is 14.4. The summed E-state index contributed by atoms with van der Waals surface area (Å²) in [4.78, 5) is 32.7. The Balaban J connectivity index is 1.65. The molecule has 0 bridgehead atoms. The fourth-order valence-corrected chi connectivity index (χ4v) is 4.50. The number of amides is 2. The molecule has 1 fully saturated rings. The number of morpholine rings is 1. The van der Waals surface area contributed by atoms with E-state index in [-0.39, 0.29) is 33.7 Å². The summed E-state index contributed by atoms with van der Waals surface area (Å²) in [6, 6.07) is 10.1. The Morgan fingerprint density at radius 2 is 1.73 bits per heavy atom. The van der Waals surface area contributed by atoms with Crippen molar-refractivity contribution in [2.24, 2.45) is 0 Å². The summed E-state index contributed by atoms with van der Waals surface area (Å²) in [5.41, 5.74) is -1.04. The first-order chi connectivity index (χ1) is 19.6. The van der Waals surface area contributed by atoms with Crippen LogP contribution in [0, 0.1) is 0 Å². The highest BCUT2D eigenvalue weighted by molar-refractivity contribution is 6.36. The van der Waals surface area contributed by atoms with Gasteiger partial charge in [-0.2, -0.15) is 13.2 Å². The molecule has 1 aliphatic rings. The highest BCUT2D eigenvalue weighted by Gasteiger charge is 2.31. The zero-order chi connectivity index (χ0) is 29.4. The lowest BCUT2D eigenvalue weighted by molar-refractivity contribution is -0.137. The van der Waals surface area contributed by atoms with Gasteiger partial charge in [-0.05, 0) is 48.5 Å². The molecule has 0 aliphatic carbocycles. The molecule has 2 amide bonds. The van der Waals surface area contributed by atoms with Gasteiger partial charge in [0.05, 0.1) is 35.7 Å². The standard InChI is InChI=1S/C28H25Cl2F3N4O4/c29-20-13-18(25(24(30)16-20)41-12-9-37-7-10-40-11-8-37)14-23(27(39)36-22-5-2-6-34-17-22)26(38)35-21-4-1-3-19(15-21)28(31,32)33/h1-6,13-17H,7-12H2,(H,35,38)(H,36,39). The van der Waals surface area contributed by atoms with E-state index >= 15 is 0 Å². The maximum atomic E-state index is 13.3. The van der Waals surface area contributed by atoms with E-state index in [1.54, 1.807) is 12.1 Å². The van der Waals surface area contributed by atoms with Gasteiger partial charge in [-0.25, -0.2) is 0 Å². The SMILES string of the molecule is O=C(Nc1cccnc1)C(=Cc1cc(Cl)cc(Cl)c1OCCN1CCOCC1)C(=O)Nc1cccc(C(F)(F)F)c1. The van der Waals surface area contributed by atoms with Gasteiger partial charge < -0.3 is 20.1 Å². The topological polar surface area (TPSA) is 92.8 Å². The number of nitrogens with zero attached hydrogens (tertiary/aromatic N) is 2. The van der Waals surface area contributed by atoms with Crippen LogP contribution in [0.5, 0.6) is 5.75 Å². The first kappa shape index (κ1) is 30.3. The van der Waals surface area contributed by atoms with E-state index in [2.05, 4.69) is 20.5 Å². The van der Waals surface area contributed by atoms with Crippen molar-refractivity contribution >= 4 is 52.5 Å². The molecular formula is C28H25Cl2F3N4O4. The van der Waals surface area contributed by atoms with E-state index in [4.69, 9.17) is 32.7 Å². The Bertz CT molecular complexity index is 1420. The van der Waals surface area contributed by atoms with Gasteiger partial charge in [0.2, 0.25) is 0 Å². The van der Waals surface area contributed by atoms with Crippen LogP contribution in [0.4, 0.5) is 24.5 Å². The second-order valence-corrected chi connectivity index (χ2v) is 9.74. The second kappa shape index (κ2) is 13.8. The number of ether oxygens (including phenoxy) is 2. The highest BCUT2D eigenvalue weighted by atomic mass is 35.5. The molecule has 3 aromatic rings. The van der Waals surface area contributed by atoms with Crippen molar-refractivity contribution in [1.29, 1.82) is 0 Å². The number of anilines is 2. The predicted octanol–water partition coefficient (Wildman–Crippen LogP) is 5.78. The average molecular weight is 609 g/mol. The van der Waals surface area contributed by atoms with Crippen LogP contribution in [0.3, 0.4) is 0 Å². The molecule has 8 nitrogen and oxygen atoms in total.